The molecule has 0 atom stereocenters. The Labute approximate surface area is 153 Å². The van der Waals surface area contributed by atoms with Gasteiger partial charge < -0.3 is 10.6 Å². The SMILES string of the molecule is Cc1ccc(NC(=O)Nc2cc(F)cc(F)c2)cc1-c1c(Cl)cnn1C. The molecule has 3 aromatic rings. The Hall–Kier alpha value is -2.93. The molecule has 2 N–H and O–H groups in total. The van der Waals surface area contributed by atoms with Crippen LogP contribution in [-0.4, -0.2) is 15.8 Å². The molecule has 0 aliphatic rings. The van der Waals surface area contributed by atoms with Crippen LogP contribution >= 0.6 is 11.6 Å². The Morgan fingerprint density at radius 2 is 1.73 bits per heavy atom. The number of aryl methyl sites for hydroxylation is 2. The number of nitrogens with one attached hydrogen (secondary N) is 2. The minimum Gasteiger partial charge on any atom is -0.308 e. The van der Waals surface area contributed by atoms with Crippen molar-refractivity contribution in [2.75, 3.05) is 10.6 Å². The quantitative estimate of drug-likeness (QED) is 0.678. The summed E-state index contributed by atoms with van der Waals surface area (Å²) in [6, 6.07) is 7.46. The highest BCUT2D eigenvalue weighted by molar-refractivity contribution is 6.33. The molecule has 1 aromatic heterocycles. The van der Waals surface area contributed by atoms with Crippen LogP contribution < -0.4 is 10.6 Å². The molecule has 1 heterocycles. The Morgan fingerprint density at radius 3 is 2.35 bits per heavy atom. The van der Waals surface area contributed by atoms with Gasteiger partial charge in [-0.05, 0) is 36.8 Å². The van der Waals surface area contributed by atoms with Crippen molar-refractivity contribution >= 4 is 29.0 Å². The number of anilines is 2. The first kappa shape index (κ1) is 17.9. The smallest absolute Gasteiger partial charge is 0.308 e. The molecule has 0 unspecified atom stereocenters. The topological polar surface area (TPSA) is 59.0 Å². The van der Waals surface area contributed by atoms with E-state index in [1.807, 2.05) is 13.0 Å². The predicted molar refractivity (Wildman–Crippen MR) is 97.4 cm³/mol. The lowest BCUT2D eigenvalue weighted by atomic mass is 10.0. The molecule has 134 valence electrons. The van der Waals surface area contributed by atoms with Gasteiger partial charge in [0, 0.05) is 30.1 Å². The number of urea groups is 1. The molecule has 0 aliphatic heterocycles. The summed E-state index contributed by atoms with van der Waals surface area (Å²) in [5.74, 6) is -1.55. The van der Waals surface area contributed by atoms with Gasteiger partial charge in [0.2, 0.25) is 0 Å². The zero-order chi connectivity index (χ0) is 18.8. The number of benzene rings is 2. The second-order valence-corrected chi connectivity index (χ2v) is 6.14. The number of rotatable bonds is 3. The highest BCUT2D eigenvalue weighted by Gasteiger charge is 2.13. The molecule has 0 spiro atoms. The third-order valence-corrected chi connectivity index (χ3v) is 4.04. The third-order valence-electron chi connectivity index (χ3n) is 3.77. The average molecular weight is 377 g/mol. The largest absolute Gasteiger partial charge is 0.323 e. The van der Waals surface area contributed by atoms with Gasteiger partial charge in [0.15, 0.2) is 0 Å². The fraction of sp³-hybridized carbons (Fsp3) is 0.111. The van der Waals surface area contributed by atoms with E-state index in [0.29, 0.717) is 10.7 Å². The van der Waals surface area contributed by atoms with Gasteiger partial charge in [0.05, 0.1) is 16.9 Å². The molecule has 0 saturated carbocycles. The van der Waals surface area contributed by atoms with E-state index in [1.54, 1.807) is 30.1 Å². The molecule has 5 nitrogen and oxygen atoms in total. The Kier molecular flexibility index (Phi) is 4.90. The van der Waals surface area contributed by atoms with E-state index < -0.39 is 17.7 Å². The first-order valence-electron chi connectivity index (χ1n) is 7.66. The van der Waals surface area contributed by atoms with Crippen molar-refractivity contribution < 1.29 is 13.6 Å². The lowest BCUT2D eigenvalue weighted by Gasteiger charge is -2.12. The summed E-state index contributed by atoms with van der Waals surface area (Å²) in [6.45, 7) is 1.91. The van der Waals surface area contributed by atoms with Crippen LogP contribution in [0.2, 0.25) is 5.02 Å². The maximum Gasteiger partial charge on any atom is 0.323 e. The molecule has 3 rings (SSSR count). The van der Waals surface area contributed by atoms with Crippen molar-refractivity contribution in [3.05, 3.63) is 64.8 Å². The van der Waals surface area contributed by atoms with Crippen LogP contribution in [0.15, 0.2) is 42.6 Å². The first-order valence-corrected chi connectivity index (χ1v) is 8.04. The van der Waals surface area contributed by atoms with Gasteiger partial charge in [-0.25, -0.2) is 13.6 Å². The molecule has 0 radical (unpaired) electrons. The Bertz CT molecular complexity index is 948. The van der Waals surface area contributed by atoms with Crippen LogP contribution in [0.1, 0.15) is 5.56 Å². The highest BCUT2D eigenvalue weighted by Crippen LogP contribution is 2.31. The van der Waals surface area contributed by atoms with Crippen LogP contribution in [-0.2, 0) is 7.05 Å². The van der Waals surface area contributed by atoms with Gasteiger partial charge in [-0.2, -0.15) is 5.10 Å². The maximum atomic E-state index is 13.2. The monoisotopic (exact) mass is 376 g/mol. The van der Waals surface area contributed by atoms with E-state index in [2.05, 4.69) is 15.7 Å². The summed E-state index contributed by atoms with van der Waals surface area (Å²) in [4.78, 5) is 12.1. The Morgan fingerprint density at radius 1 is 1.08 bits per heavy atom. The Balaban J connectivity index is 1.82. The van der Waals surface area contributed by atoms with Gasteiger partial charge in [0.1, 0.15) is 11.6 Å². The number of nitrogens with zero attached hydrogens (tertiary/aromatic N) is 2. The summed E-state index contributed by atoms with van der Waals surface area (Å²) in [5, 5.41) is 9.62. The van der Waals surface area contributed by atoms with E-state index in [4.69, 9.17) is 11.6 Å². The second-order valence-electron chi connectivity index (χ2n) is 5.73. The highest BCUT2D eigenvalue weighted by atomic mass is 35.5. The molecule has 8 heteroatoms. The molecule has 26 heavy (non-hydrogen) atoms. The standard InChI is InChI=1S/C18H15ClF2N4O/c1-10-3-4-13(8-15(10)17-16(19)9-22-25(17)2)23-18(26)24-14-6-11(20)5-12(21)7-14/h3-9H,1-2H3,(H2,23,24,26). The second kappa shape index (κ2) is 7.13. The van der Waals surface area contributed by atoms with Crippen molar-refractivity contribution in [2.45, 2.75) is 6.92 Å². The number of aromatic nitrogens is 2. The van der Waals surface area contributed by atoms with Crippen LogP contribution in [0.25, 0.3) is 11.3 Å². The first-order chi connectivity index (χ1) is 12.3. The summed E-state index contributed by atoms with van der Waals surface area (Å²) in [6.07, 6.45) is 1.54. The minimum absolute atomic E-state index is 0.0158. The zero-order valence-electron chi connectivity index (χ0n) is 14.0. The lowest BCUT2D eigenvalue weighted by Crippen LogP contribution is -2.19. The van der Waals surface area contributed by atoms with Crippen molar-refractivity contribution in [1.82, 2.24) is 9.78 Å². The zero-order valence-corrected chi connectivity index (χ0v) is 14.7. The molecule has 0 aliphatic carbocycles. The van der Waals surface area contributed by atoms with Crippen LogP contribution in [0.5, 0.6) is 0 Å². The molecule has 2 amide bonds. The summed E-state index contributed by atoms with van der Waals surface area (Å²) >= 11 is 6.19. The normalized spacial score (nSPS) is 10.7. The number of halogens is 3. The summed E-state index contributed by atoms with van der Waals surface area (Å²) < 4.78 is 28.0. The van der Waals surface area contributed by atoms with Crippen LogP contribution in [0, 0.1) is 18.6 Å². The van der Waals surface area contributed by atoms with Crippen molar-refractivity contribution in [3.63, 3.8) is 0 Å². The maximum absolute atomic E-state index is 13.2. The van der Waals surface area contributed by atoms with Gasteiger partial charge in [-0.1, -0.05) is 17.7 Å². The molecule has 0 fully saturated rings. The third kappa shape index (κ3) is 3.83. The van der Waals surface area contributed by atoms with Gasteiger partial charge in [-0.15, -0.1) is 0 Å². The number of hydrogen-bond donors (Lipinski definition) is 2. The summed E-state index contributed by atoms with van der Waals surface area (Å²) in [5.41, 5.74) is 3.00. The molecular weight excluding hydrogens is 362 g/mol. The van der Waals surface area contributed by atoms with Crippen molar-refractivity contribution in [3.8, 4) is 11.3 Å². The molecule has 0 bridgehead atoms. The van der Waals surface area contributed by atoms with E-state index in [1.165, 1.54) is 0 Å². The number of carbonyl (C=O) groups excluding carboxylic acids is 1. The number of hydrogen-bond acceptors (Lipinski definition) is 2. The predicted octanol–water partition coefficient (Wildman–Crippen LogP) is 4.97. The van der Waals surface area contributed by atoms with Gasteiger partial charge >= 0.3 is 6.03 Å². The van der Waals surface area contributed by atoms with Crippen molar-refractivity contribution in [1.29, 1.82) is 0 Å². The van der Waals surface area contributed by atoms with Gasteiger partial charge in [0.25, 0.3) is 0 Å². The molecule has 2 aromatic carbocycles. The number of carbonyl (C=O) groups is 1. The lowest BCUT2D eigenvalue weighted by molar-refractivity contribution is 0.262. The van der Waals surface area contributed by atoms with Gasteiger partial charge in [-0.3, -0.25) is 4.68 Å². The van der Waals surface area contributed by atoms with E-state index in [-0.39, 0.29) is 5.69 Å². The van der Waals surface area contributed by atoms with Crippen LogP contribution in [0.3, 0.4) is 0 Å². The number of amides is 2. The fourth-order valence-electron chi connectivity index (χ4n) is 2.59. The average Bonchev–Trinajstić information content (AvgIpc) is 2.87. The van der Waals surface area contributed by atoms with E-state index >= 15 is 0 Å². The van der Waals surface area contributed by atoms with Crippen molar-refractivity contribution in [2.24, 2.45) is 7.05 Å². The fourth-order valence-corrected chi connectivity index (χ4v) is 2.86. The summed E-state index contributed by atoms with van der Waals surface area (Å²) in [7, 11) is 1.77. The van der Waals surface area contributed by atoms with E-state index in [0.717, 1.165) is 35.0 Å². The molecular formula is C18H15ClF2N4O. The van der Waals surface area contributed by atoms with Crippen LogP contribution in [0.4, 0.5) is 25.0 Å². The minimum atomic E-state index is -0.774. The molecule has 0 saturated heterocycles. The van der Waals surface area contributed by atoms with E-state index in [9.17, 15) is 13.6 Å².